The summed E-state index contributed by atoms with van der Waals surface area (Å²) < 4.78 is 5.72. The topological polar surface area (TPSA) is 84.5 Å². The molecule has 0 aliphatic carbocycles. The maximum atomic E-state index is 11.5. The lowest BCUT2D eigenvalue weighted by atomic mass is 10.2. The summed E-state index contributed by atoms with van der Waals surface area (Å²) in [5.41, 5.74) is 0.833. The highest BCUT2D eigenvalue weighted by Gasteiger charge is 2.08. The molecule has 0 heterocycles. The Morgan fingerprint density at radius 1 is 1.17 bits per heavy atom. The van der Waals surface area contributed by atoms with Crippen molar-refractivity contribution in [2.24, 2.45) is 0 Å². The van der Waals surface area contributed by atoms with Crippen LogP contribution >= 0.6 is 15.9 Å². The molecule has 6 nitrogen and oxygen atoms in total. The van der Waals surface area contributed by atoms with Crippen LogP contribution in [0.1, 0.15) is 19.4 Å². The molecule has 0 aliphatic heterocycles. The number of ether oxygens (including phenoxy) is 1. The lowest BCUT2D eigenvalue weighted by Crippen LogP contribution is -2.41. The predicted molar refractivity (Wildman–Crippen MR) is 90.4 cm³/mol. The van der Waals surface area contributed by atoms with Crippen molar-refractivity contribution >= 4 is 39.8 Å². The molecule has 0 aliphatic rings. The third-order valence-corrected chi connectivity index (χ3v) is 3.05. The second-order valence-corrected chi connectivity index (χ2v) is 5.91. The number of benzene rings is 1. The van der Waals surface area contributed by atoms with E-state index in [2.05, 4.69) is 26.6 Å². The minimum atomic E-state index is -0.630. The lowest BCUT2D eigenvalue weighted by molar-refractivity contribution is -0.143. The fraction of sp³-hybridized carbons (Fsp3) is 0.312. The van der Waals surface area contributed by atoms with Gasteiger partial charge in [-0.1, -0.05) is 28.1 Å². The first-order valence-electron chi connectivity index (χ1n) is 7.03. The summed E-state index contributed by atoms with van der Waals surface area (Å²) >= 11 is 3.32. The fourth-order valence-electron chi connectivity index (χ4n) is 1.53. The summed E-state index contributed by atoms with van der Waals surface area (Å²) in [6, 6.07) is 7.35. The molecule has 1 aromatic rings. The second-order valence-electron chi connectivity index (χ2n) is 4.99. The number of hydrogen-bond acceptors (Lipinski definition) is 4. The molecule has 124 valence electrons. The van der Waals surface area contributed by atoms with Crippen molar-refractivity contribution in [3.8, 4) is 0 Å². The maximum Gasteiger partial charge on any atom is 0.331 e. The molecule has 0 saturated heterocycles. The highest BCUT2D eigenvalue weighted by Crippen LogP contribution is 2.11. The summed E-state index contributed by atoms with van der Waals surface area (Å²) in [6.45, 7) is 3.06. The predicted octanol–water partition coefficient (Wildman–Crippen LogP) is 1.65. The van der Waals surface area contributed by atoms with E-state index in [4.69, 9.17) is 4.74 Å². The van der Waals surface area contributed by atoms with Gasteiger partial charge in [-0.15, -0.1) is 0 Å². The molecule has 0 unspecified atom stereocenters. The van der Waals surface area contributed by atoms with Gasteiger partial charge in [0.15, 0.2) is 6.61 Å². The summed E-state index contributed by atoms with van der Waals surface area (Å²) in [6.07, 6.45) is 2.82. The van der Waals surface area contributed by atoms with Gasteiger partial charge in [-0.05, 0) is 37.6 Å². The highest BCUT2D eigenvalue weighted by atomic mass is 79.9. The molecule has 0 aromatic heterocycles. The van der Waals surface area contributed by atoms with E-state index in [9.17, 15) is 14.4 Å². The van der Waals surface area contributed by atoms with Crippen LogP contribution in [0.3, 0.4) is 0 Å². The lowest BCUT2D eigenvalue weighted by Gasteiger charge is -2.09. The number of amides is 2. The van der Waals surface area contributed by atoms with Crippen molar-refractivity contribution in [1.29, 1.82) is 0 Å². The molecule has 1 aromatic carbocycles. The van der Waals surface area contributed by atoms with Crippen molar-refractivity contribution in [3.05, 3.63) is 40.4 Å². The van der Waals surface area contributed by atoms with Crippen LogP contribution in [0.4, 0.5) is 0 Å². The van der Waals surface area contributed by atoms with Crippen LogP contribution in [0.5, 0.6) is 0 Å². The van der Waals surface area contributed by atoms with Gasteiger partial charge >= 0.3 is 5.97 Å². The first kappa shape index (κ1) is 18.9. The Balaban J connectivity index is 2.28. The van der Waals surface area contributed by atoms with E-state index >= 15 is 0 Å². The van der Waals surface area contributed by atoms with Crippen molar-refractivity contribution in [3.63, 3.8) is 0 Å². The van der Waals surface area contributed by atoms with Gasteiger partial charge in [0, 0.05) is 16.6 Å². The molecule has 1 rings (SSSR count). The molecule has 23 heavy (non-hydrogen) atoms. The van der Waals surface area contributed by atoms with E-state index in [-0.39, 0.29) is 18.5 Å². The number of rotatable bonds is 7. The minimum Gasteiger partial charge on any atom is -0.452 e. The second kappa shape index (κ2) is 9.78. The number of esters is 1. The van der Waals surface area contributed by atoms with Crippen LogP contribution in [-0.4, -0.2) is 37.0 Å². The summed E-state index contributed by atoms with van der Waals surface area (Å²) in [4.78, 5) is 34.3. The molecule has 0 radical (unpaired) electrons. The Bertz CT molecular complexity index is 582. The van der Waals surface area contributed by atoms with E-state index < -0.39 is 18.5 Å². The Kier molecular flexibility index (Phi) is 8.04. The Morgan fingerprint density at radius 2 is 1.83 bits per heavy atom. The minimum absolute atomic E-state index is 0.000905. The number of halogens is 1. The number of hydrogen-bond donors (Lipinski definition) is 2. The van der Waals surface area contributed by atoms with Crippen LogP contribution < -0.4 is 10.6 Å². The van der Waals surface area contributed by atoms with E-state index in [1.54, 1.807) is 6.08 Å². The van der Waals surface area contributed by atoms with Crippen molar-refractivity contribution in [1.82, 2.24) is 10.6 Å². The van der Waals surface area contributed by atoms with Crippen LogP contribution in [-0.2, 0) is 19.1 Å². The Labute approximate surface area is 143 Å². The molecule has 2 amide bonds. The third kappa shape index (κ3) is 8.77. The third-order valence-electron chi connectivity index (χ3n) is 2.52. The SMILES string of the molecule is CC(C)NC(=O)CNC(=O)COC(=O)/C=C/c1ccc(Br)cc1. The van der Waals surface area contributed by atoms with Crippen LogP contribution in [0, 0.1) is 0 Å². The normalized spacial score (nSPS) is 10.6. The van der Waals surface area contributed by atoms with E-state index in [1.165, 1.54) is 6.08 Å². The molecule has 0 bridgehead atoms. The van der Waals surface area contributed by atoms with Crippen LogP contribution in [0.25, 0.3) is 6.08 Å². The van der Waals surface area contributed by atoms with Gasteiger partial charge in [0.1, 0.15) is 0 Å². The standard InChI is InChI=1S/C16H19BrN2O4/c1-11(2)19-14(20)9-18-15(21)10-23-16(22)8-5-12-3-6-13(17)7-4-12/h3-8,11H,9-10H2,1-2H3,(H,18,21)(H,19,20)/b8-5+. The summed E-state index contributed by atoms with van der Waals surface area (Å²) in [5, 5.41) is 5.00. The largest absolute Gasteiger partial charge is 0.452 e. The van der Waals surface area contributed by atoms with Gasteiger partial charge in [0.25, 0.3) is 5.91 Å². The molecular weight excluding hydrogens is 364 g/mol. The summed E-state index contributed by atoms with van der Waals surface area (Å²) in [7, 11) is 0. The van der Waals surface area contributed by atoms with Gasteiger partial charge in [0.2, 0.25) is 5.91 Å². The van der Waals surface area contributed by atoms with Gasteiger partial charge in [-0.3, -0.25) is 9.59 Å². The van der Waals surface area contributed by atoms with Crippen molar-refractivity contribution in [2.45, 2.75) is 19.9 Å². The van der Waals surface area contributed by atoms with E-state index in [0.29, 0.717) is 0 Å². The van der Waals surface area contributed by atoms with E-state index in [1.807, 2.05) is 38.1 Å². The van der Waals surface area contributed by atoms with Crippen LogP contribution in [0.15, 0.2) is 34.8 Å². The van der Waals surface area contributed by atoms with Crippen molar-refractivity contribution < 1.29 is 19.1 Å². The molecule has 0 saturated carbocycles. The summed E-state index contributed by atoms with van der Waals surface area (Å²) in [5.74, 6) is -1.46. The van der Waals surface area contributed by atoms with Gasteiger partial charge in [0.05, 0.1) is 6.54 Å². The van der Waals surface area contributed by atoms with Gasteiger partial charge < -0.3 is 15.4 Å². The molecule has 0 fully saturated rings. The number of carbonyl (C=O) groups is 3. The van der Waals surface area contributed by atoms with Gasteiger partial charge in [-0.25, -0.2) is 4.79 Å². The maximum absolute atomic E-state index is 11.5. The smallest absolute Gasteiger partial charge is 0.331 e. The zero-order valence-electron chi connectivity index (χ0n) is 13.0. The van der Waals surface area contributed by atoms with Crippen molar-refractivity contribution in [2.75, 3.05) is 13.2 Å². The Hall–Kier alpha value is -2.15. The zero-order chi connectivity index (χ0) is 17.2. The number of nitrogens with one attached hydrogen (secondary N) is 2. The first-order chi connectivity index (χ1) is 10.9. The average Bonchev–Trinajstić information content (AvgIpc) is 2.49. The first-order valence-corrected chi connectivity index (χ1v) is 7.82. The molecular formula is C16H19BrN2O4. The monoisotopic (exact) mass is 382 g/mol. The average molecular weight is 383 g/mol. The highest BCUT2D eigenvalue weighted by molar-refractivity contribution is 9.10. The fourth-order valence-corrected chi connectivity index (χ4v) is 1.79. The van der Waals surface area contributed by atoms with Gasteiger partial charge in [-0.2, -0.15) is 0 Å². The molecule has 0 spiro atoms. The Morgan fingerprint density at radius 3 is 2.43 bits per heavy atom. The zero-order valence-corrected chi connectivity index (χ0v) is 14.6. The van der Waals surface area contributed by atoms with E-state index in [0.717, 1.165) is 10.0 Å². The van der Waals surface area contributed by atoms with Crippen LogP contribution in [0.2, 0.25) is 0 Å². The quantitative estimate of drug-likeness (QED) is 0.554. The molecule has 0 atom stereocenters. The molecule has 7 heteroatoms. The molecule has 2 N–H and O–H groups in total. The number of carbonyl (C=O) groups excluding carboxylic acids is 3.